The predicted molar refractivity (Wildman–Crippen MR) is 115 cm³/mol. The first-order chi connectivity index (χ1) is 13.8. The van der Waals surface area contributed by atoms with Crippen molar-refractivity contribution in [1.82, 2.24) is 5.32 Å². The normalized spacial score (nSPS) is 14.9. The Morgan fingerprint density at radius 2 is 1.97 bits per heavy atom. The molecule has 0 bridgehead atoms. The lowest BCUT2D eigenvalue weighted by molar-refractivity contribution is -0.127. The van der Waals surface area contributed by atoms with E-state index >= 15 is 0 Å². The number of hydrogen-bond acceptors (Lipinski definition) is 3. The molecule has 1 saturated heterocycles. The van der Waals surface area contributed by atoms with Crippen LogP contribution in [0.25, 0.3) is 0 Å². The van der Waals surface area contributed by atoms with E-state index in [2.05, 4.69) is 31.3 Å². The third-order valence-electron chi connectivity index (χ3n) is 5.23. The highest BCUT2D eigenvalue weighted by Crippen LogP contribution is 2.28. The van der Waals surface area contributed by atoms with Gasteiger partial charge in [-0.1, -0.05) is 38.1 Å². The number of rotatable bonds is 7. The van der Waals surface area contributed by atoms with Crippen molar-refractivity contribution in [3.8, 4) is 5.75 Å². The second-order valence-electron chi connectivity index (χ2n) is 7.99. The van der Waals surface area contributed by atoms with E-state index in [1.165, 1.54) is 0 Å². The fraction of sp³-hybridized carbons (Fsp3) is 0.417. The molecule has 154 valence electrons. The first kappa shape index (κ1) is 20.9. The summed E-state index contributed by atoms with van der Waals surface area (Å²) in [5.74, 6) is 1.07. The van der Waals surface area contributed by atoms with E-state index in [0.29, 0.717) is 18.9 Å². The van der Waals surface area contributed by atoms with Crippen LogP contribution in [-0.2, 0) is 16.1 Å². The Kier molecular flexibility index (Phi) is 6.57. The molecule has 1 N–H and O–H groups in total. The molecule has 1 heterocycles. The molecule has 0 spiro atoms. The highest BCUT2D eigenvalue weighted by Gasteiger charge is 2.22. The fourth-order valence-corrected chi connectivity index (χ4v) is 3.55. The monoisotopic (exact) mass is 394 g/mol. The van der Waals surface area contributed by atoms with Crippen molar-refractivity contribution in [2.45, 2.75) is 59.1 Å². The van der Waals surface area contributed by atoms with E-state index in [9.17, 15) is 9.59 Å². The van der Waals surface area contributed by atoms with E-state index < -0.39 is 6.10 Å². The summed E-state index contributed by atoms with van der Waals surface area (Å²) in [6.07, 6.45) is 0.900. The number of benzene rings is 2. The minimum absolute atomic E-state index is 0.160. The maximum atomic E-state index is 12.6. The fourth-order valence-electron chi connectivity index (χ4n) is 3.55. The van der Waals surface area contributed by atoms with Crippen LogP contribution >= 0.6 is 0 Å². The van der Waals surface area contributed by atoms with Crippen molar-refractivity contribution in [3.63, 3.8) is 0 Å². The molecule has 1 aliphatic heterocycles. The van der Waals surface area contributed by atoms with Crippen molar-refractivity contribution < 1.29 is 14.3 Å². The van der Waals surface area contributed by atoms with Crippen LogP contribution in [0, 0.1) is 6.92 Å². The molecule has 3 rings (SSSR count). The van der Waals surface area contributed by atoms with Crippen LogP contribution in [-0.4, -0.2) is 24.5 Å². The Morgan fingerprint density at radius 3 is 2.66 bits per heavy atom. The van der Waals surface area contributed by atoms with Crippen molar-refractivity contribution in [2.24, 2.45) is 0 Å². The van der Waals surface area contributed by atoms with Gasteiger partial charge in [-0.25, -0.2) is 0 Å². The summed E-state index contributed by atoms with van der Waals surface area (Å²) in [4.78, 5) is 26.3. The van der Waals surface area contributed by atoms with Gasteiger partial charge < -0.3 is 15.0 Å². The van der Waals surface area contributed by atoms with E-state index in [1.54, 1.807) is 6.92 Å². The largest absolute Gasteiger partial charge is 0.481 e. The molecule has 5 heteroatoms. The molecular formula is C24H30N2O3. The summed E-state index contributed by atoms with van der Waals surface area (Å²) in [6.45, 7) is 9.16. The number of anilines is 1. The third kappa shape index (κ3) is 5.17. The number of nitrogens with zero attached hydrogens (tertiary/aromatic N) is 1. The summed E-state index contributed by atoms with van der Waals surface area (Å²) in [6, 6.07) is 13.9. The molecule has 0 radical (unpaired) electrons. The molecular weight excluding hydrogens is 364 g/mol. The van der Waals surface area contributed by atoms with Gasteiger partial charge in [-0.05, 0) is 61.1 Å². The minimum Gasteiger partial charge on any atom is -0.481 e. The molecule has 2 aromatic rings. The predicted octanol–water partition coefficient (Wildman–Crippen LogP) is 4.33. The zero-order chi connectivity index (χ0) is 21.0. The van der Waals surface area contributed by atoms with E-state index in [0.717, 1.165) is 41.1 Å². The molecule has 2 aromatic carbocycles. The van der Waals surface area contributed by atoms with Gasteiger partial charge in [0.2, 0.25) is 5.91 Å². The molecule has 5 nitrogen and oxygen atoms in total. The van der Waals surface area contributed by atoms with Gasteiger partial charge >= 0.3 is 0 Å². The number of carbonyl (C=O) groups excluding carboxylic acids is 2. The highest BCUT2D eigenvalue weighted by molar-refractivity contribution is 5.95. The lowest BCUT2D eigenvalue weighted by atomic mass is 10.0. The number of carbonyl (C=O) groups is 2. The van der Waals surface area contributed by atoms with Crippen LogP contribution in [0.2, 0.25) is 0 Å². The topological polar surface area (TPSA) is 58.6 Å². The van der Waals surface area contributed by atoms with Crippen molar-refractivity contribution in [1.29, 1.82) is 0 Å². The van der Waals surface area contributed by atoms with Gasteiger partial charge in [0.15, 0.2) is 6.10 Å². The average molecular weight is 395 g/mol. The number of ether oxygens (including phenoxy) is 1. The van der Waals surface area contributed by atoms with Crippen LogP contribution in [0.4, 0.5) is 5.69 Å². The first-order valence-electron chi connectivity index (χ1n) is 10.3. The Hall–Kier alpha value is -2.82. The van der Waals surface area contributed by atoms with Crippen molar-refractivity contribution in [3.05, 3.63) is 59.2 Å². The first-order valence-corrected chi connectivity index (χ1v) is 10.3. The molecule has 0 aromatic heterocycles. The molecule has 1 fully saturated rings. The Morgan fingerprint density at radius 1 is 1.17 bits per heavy atom. The van der Waals surface area contributed by atoms with Crippen LogP contribution in [0.1, 0.15) is 56.2 Å². The number of hydrogen-bond donors (Lipinski definition) is 1. The lowest BCUT2D eigenvalue weighted by Gasteiger charge is -2.20. The van der Waals surface area contributed by atoms with Crippen LogP contribution in [0.3, 0.4) is 0 Å². The number of amides is 2. The summed E-state index contributed by atoms with van der Waals surface area (Å²) >= 11 is 0. The summed E-state index contributed by atoms with van der Waals surface area (Å²) in [7, 11) is 0. The summed E-state index contributed by atoms with van der Waals surface area (Å²) in [5, 5.41) is 2.94. The summed E-state index contributed by atoms with van der Waals surface area (Å²) < 4.78 is 5.99. The van der Waals surface area contributed by atoms with Crippen LogP contribution in [0.5, 0.6) is 5.75 Å². The quantitative estimate of drug-likeness (QED) is 0.760. The maximum absolute atomic E-state index is 12.6. The van der Waals surface area contributed by atoms with Crippen molar-refractivity contribution >= 4 is 17.5 Å². The Labute approximate surface area is 173 Å². The Bertz CT molecular complexity index is 891. The Balaban J connectivity index is 1.61. The molecule has 1 aliphatic rings. The van der Waals surface area contributed by atoms with Crippen LogP contribution in [0.15, 0.2) is 42.5 Å². The molecule has 0 aliphatic carbocycles. The van der Waals surface area contributed by atoms with E-state index in [4.69, 9.17) is 4.74 Å². The van der Waals surface area contributed by atoms with E-state index in [-0.39, 0.29) is 11.8 Å². The van der Waals surface area contributed by atoms with E-state index in [1.807, 2.05) is 42.2 Å². The van der Waals surface area contributed by atoms with Crippen LogP contribution < -0.4 is 15.0 Å². The molecule has 29 heavy (non-hydrogen) atoms. The van der Waals surface area contributed by atoms with Gasteiger partial charge in [-0.15, -0.1) is 0 Å². The highest BCUT2D eigenvalue weighted by atomic mass is 16.5. The SMILES string of the molecule is Cc1ccc(C(C)C)c(OC(C)C(=O)NCc2cccc(N3CCCC3=O)c2)c1. The third-order valence-corrected chi connectivity index (χ3v) is 5.23. The lowest BCUT2D eigenvalue weighted by Crippen LogP contribution is -2.36. The minimum atomic E-state index is -0.599. The second kappa shape index (κ2) is 9.12. The molecule has 2 amide bonds. The van der Waals surface area contributed by atoms with Gasteiger partial charge in [0.05, 0.1) is 0 Å². The molecule has 0 saturated carbocycles. The smallest absolute Gasteiger partial charge is 0.261 e. The summed E-state index contributed by atoms with van der Waals surface area (Å²) in [5.41, 5.74) is 4.05. The van der Waals surface area contributed by atoms with Gasteiger partial charge in [0.1, 0.15) is 5.75 Å². The van der Waals surface area contributed by atoms with Gasteiger partial charge in [-0.3, -0.25) is 9.59 Å². The van der Waals surface area contributed by atoms with Gasteiger partial charge in [0.25, 0.3) is 5.91 Å². The van der Waals surface area contributed by atoms with Gasteiger partial charge in [-0.2, -0.15) is 0 Å². The molecule has 1 atom stereocenters. The number of nitrogens with one attached hydrogen (secondary N) is 1. The zero-order valence-corrected chi connectivity index (χ0v) is 17.7. The van der Waals surface area contributed by atoms with Gasteiger partial charge in [0, 0.05) is 25.2 Å². The zero-order valence-electron chi connectivity index (χ0n) is 17.7. The molecule has 1 unspecified atom stereocenters. The standard InChI is InChI=1S/C24H30N2O3/c1-16(2)21-11-10-17(3)13-22(21)29-18(4)24(28)25-15-19-7-5-8-20(14-19)26-12-6-9-23(26)27/h5,7-8,10-11,13-14,16,18H,6,9,12,15H2,1-4H3,(H,25,28). The van der Waals surface area contributed by atoms with Crippen molar-refractivity contribution in [2.75, 3.05) is 11.4 Å². The number of aryl methyl sites for hydroxylation is 1. The second-order valence-corrected chi connectivity index (χ2v) is 7.99. The maximum Gasteiger partial charge on any atom is 0.261 e. The average Bonchev–Trinajstić information content (AvgIpc) is 3.12.